The van der Waals surface area contributed by atoms with E-state index in [0.29, 0.717) is 23.0 Å². The fourth-order valence-electron chi connectivity index (χ4n) is 2.27. The van der Waals surface area contributed by atoms with Crippen LogP contribution in [0, 0.1) is 0 Å². The molecule has 9 heteroatoms. The molecule has 1 aromatic heterocycles. The number of hydrogen-bond donors (Lipinski definition) is 2. The predicted octanol–water partition coefficient (Wildman–Crippen LogP) is 3.34. The Balaban J connectivity index is 2.08. The number of rotatable bonds is 6. The normalized spacial score (nSPS) is 12.6. The van der Waals surface area contributed by atoms with Crippen molar-refractivity contribution in [3.05, 3.63) is 51.2 Å². The summed E-state index contributed by atoms with van der Waals surface area (Å²) in [5.74, 6) is 0. The van der Waals surface area contributed by atoms with Gasteiger partial charge in [0, 0.05) is 11.4 Å². The van der Waals surface area contributed by atoms with Gasteiger partial charge in [0.2, 0.25) is 10.0 Å². The molecule has 0 saturated heterocycles. The van der Waals surface area contributed by atoms with Crippen LogP contribution in [-0.2, 0) is 16.6 Å². The second-order valence-corrected chi connectivity index (χ2v) is 8.87. The third kappa shape index (κ3) is 5.43. The monoisotopic (exact) mass is 401 g/mol. The summed E-state index contributed by atoms with van der Waals surface area (Å²) in [6.07, 6.45) is 0. The molecule has 0 fully saturated rings. The van der Waals surface area contributed by atoms with Crippen LogP contribution in [0.15, 0.2) is 41.3 Å². The van der Waals surface area contributed by atoms with E-state index in [0.717, 1.165) is 4.88 Å². The first-order valence-electron chi connectivity index (χ1n) is 7.63. The van der Waals surface area contributed by atoms with Crippen molar-refractivity contribution in [2.75, 3.05) is 6.54 Å². The van der Waals surface area contributed by atoms with Crippen LogP contribution in [0.1, 0.15) is 30.3 Å². The molecule has 0 radical (unpaired) electrons. The van der Waals surface area contributed by atoms with Crippen LogP contribution >= 0.6 is 22.9 Å². The van der Waals surface area contributed by atoms with E-state index in [2.05, 4.69) is 5.32 Å². The third-order valence-corrected chi connectivity index (χ3v) is 5.80. The Morgan fingerprint density at radius 1 is 1.36 bits per heavy atom. The lowest BCUT2D eigenvalue weighted by atomic mass is 10.1. The average molecular weight is 402 g/mol. The van der Waals surface area contributed by atoms with Gasteiger partial charge in [-0.05, 0) is 43.7 Å². The highest BCUT2D eigenvalue weighted by Gasteiger charge is 2.17. The quantitative estimate of drug-likeness (QED) is 0.777. The maximum Gasteiger partial charge on any atom is 0.318 e. The minimum Gasteiger partial charge on any atom is -0.331 e. The summed E-state index contributed by atoms with van der Waals surface area (Å²) in [6.45, 7) is 4.67. The Kier molecular flexibility index (Phi) is 6.45. The number of halogens is 1. The van der Waals surface area contributed by atoms with Crippen LogP contribution in [0.25, 0.3) is 0 Å². The van der Waals surface area contributed by atoms with Crippen LogP contribution in [0.5, 0.6) is 0 Å². The van der Waals surface area contributed by atoms with E-state index in [-0.39, 0.29) is 17.0 Å². The lowest BCUT2D eigenvalue weighted by Crippen LogP contribution is -2.40. The van der Waals surface area contributed by atoms with Crippen molar-refractivity contribution < 1.29 is 13.2 Å². The average Bonchev–Trinajstić information content (AvgIpc) is 2.97. The number of nitrogens with one attached hydrogen (secondary N) is 1. The Hall–Kier alpha value is -1.61. The molecule has 2 rings (SSSR count). The molecule has 0 aliphatic rings. The van der Waals surface area contributed by atoms with E-state index >= 15 is 0 Å². The number of nitrogens with two attached hydrogens (primary N) is 1. The van der Waals surface area contributed by atoms with Gasteiger partial charge in [0.05, 0.1) is 21.8 Å². The number of urea groups is 1. The summed E-state index contributed by atoms with van der Waals surface area (Å²) in [4.78, 5) is 15.2. The van der Waals surface area contributed by atoms with Crippen molar-refractivity contribution in [3.8, 4) is 0 Å². The maximum atomic E-state index is 12.5. The summed E-state index contributed by atoms with van der Waals surface area (Å²) < 4.78 is 23.6. The first-order chi connectivity index (χ1) is 11.7. The summed E-state index contributed by atoms with van der Waals surface area (Å²) >= 11 is 7.35. The number of thiophene rings is 1. The fourth-order valence-corrected chi connectivity index (χ4v) is 3.94. The number of carbonyl (C=O) groups is 1. The van der Waals surface area contributed by atoms with Crippen LogP contribution < -0.4 is 10.5 Å². The van der Waals surface area contributed by atoms with Crippen LogP contribution in [0.2, 0.25) is 4.34 Å². The molecule has 1 aromatic carbocycles. The molecule has 1 unspecified atom stereocenters. The van der Waals surface area contributed by atoms with Crippen molar-refractivity contribution in [1.29, 1.82) is 0 Å². The zero-order valence-electron chi connectivity index (χ0n) is 13.9. The van der Waals surface area contributed by atoms with Crippen molar-refractivity contribution >= 4 is 39.0 Å². The lowest BCUT2D eigenvalue weighted by molar-refractivity contribution is 0.195. The highest BCUT2D eigenvalue weighted by molar-refractivity contribution is 7.89. The lowest BCUT2D eigenvalue weighted by Gasteiger charge is -2.24. The molecule has 25 heavy (non-hydrogen) atoms. The van der Waals surface area contributed by atoms with E-state index in [4.69, 9.17) is 16.7 Å². The number of sulfonamides is 1. The van der Waals surface area contributed by atoms with E-state index in [1.54, 1.807) is 30.0 Å². The van der Waals surface area contributed by atoms with Gasteiger partial charge in [0.1, 0.15) is 0 Å². The van der Waals surface area contributed by atoms with E-state index in [1.165, 1.54) is 23.5 Å². The maximum absolute atomic E-state index is 12.5. The predicted molar refractivity (Wildman–Crippen MR) is 100 cm³/mol. The number of amides is 2. The second kappa shape index (κ2) is 8.18. The zero-order chi connectivity index (χ0) is 18.6. The van der Waals surface area contributed by atoms with Crippen LogP contribution in [0.4, 0.5) is 4.79 Å². The minimum absolute atomic E-state index is 0.0201. The Morgan fingerprint density at radius 2 is 2.08 bits per heavy atom. The van der Waals surface area contributed by atoms with Gasteiger partial charge in [-0.3, -0.25) is 0 Å². The Labute approximate surface area is 156 Å². The second-order valence-electron chi connectivity index (χ2n) is 5.51. The fraction of sp³-hybridized carbons (Fsp3) is 0.312. The van der Waals surface area contributed by atoms with Gasteiger partial charge in [-0.1, -0.05) is 23.7 Å². The standard InChI is InChI=1S/C16H20ClN3O3S2/c1-3-20(10-13-7-8-15(17)24-13)16(21)19-11(2)12-5-4-6-14(9-12)25(18,22)23/h4-9,11H,3,10H2,1-2H3,(H,19,21)(H2,18,22,23). The molecule has 1 atom stereocenters. The first kappa shape index (κ1) is 19.7. The van der Waals surface area contributed by atoms with Crippen molar-refractivity contribution in [3.63, 3.8) is 0 Å². The van der Waals surface area contributed by atoms with Gasteiger partial charge in [-0.25, -0.2) is 18.4 Å². The van der Waals surface area contributed by atoms with E-state index < -0.39 is 10.0 Å². The smallest absolute Gasteiger partial charge is 0.318 e. The van der Waals surface area contributed by atoms with Gasteiger partial charge >= 0.3 is 6.03 Å². The molecule has 2 aromatic rings. The SMILES string of the molecule is CCN(Cc1ccc(Cl)s1)C(=O)NC(C)c1cccc(S(N)(=O)=O)c1. The van der Waals surface area contributed by atoms with E-state index in [9.17, 15) is 13.2 Å². The molecule has 0 aliphatic carbocycles. The molecule has 136 valence electrons. The number of hydrogen-bond acceptors (Lipinski definition) is 4. The van der Waals surface area contributed by atoms with Gasteiger partial charge < -0.3 is 10.2 Å². The first-order valence-corrected chi connectivity index (χ1v) is 10.4. The summed E-state index contributed by atoms with van der Waals surface area (Å²) in [6, 6.07) is 9.33. The van der Waals surface area contributed by atoms with Crippen molar-refractivity contribution in [2.45, 2.75) is 31.3 Å². The zero-order valence-corrected chi connectivity index (χ0v) is 16.3. The number of nitrogens with zero attached hydrogens (tertiary/aromatic N) is 1. The molecule has 0 aliphatic heterocycles. The Morgan fingerprint density at radius 3 is 2.64 bits per heavy atom. The highest BCUT2D eigenvalue weighted by atomic mass is 35.5. The van der Waals surface area contributed by atoms with Gasteiger partial charge in [0.25, 0.3) is 0 Å². The Bertz CT molecular complexity index is 852. The molecule has 1 heterocycles. The topological polar surface area (TPSA) is 92.5 Å². The van der Waals surface area contributed by atoms with Gasteiger partial charge in [0.15, 0.2) is 0 Å². The molecular weight excluding hydrogens is 382 g/mol. The summed E-state index contributed by atoms with van der Waals surface area (Å²) in [5, 5.41) is 8.03. The largest absolute Gasteiger partial charge is 0.331 e. The highest BCUT2D eigenvalue weighted by Crippen LogP contribution is 2.23. The van der Waals surface area contributed by atoms with Crippen LogP contribution in [0.3, 0.4) is 0 Å². The molecular formula is C16H20ClN3O3S2. The van der Waals surface area contributed by atoms with Crippen molar-refractivity contribution in [2.24, 2.45) is 5.14 Å². The minimum atomic E-state index is -3.78. The summed E-state index contributed by atoms with van der Waals surface area (Å²) in [5.41, 5.74) is 0.662. The molecule has 3 N–H and O–H groups in total. The molecule has 0 saturated carbocycles. The number of carbonyl (C=O) groups excluding carboxylic acids is 1. The van der Waals surface area contributed by atoms with Crippen molar-refractivity contribution in [1.82, 2.24) is 10.2 Å². The number of primary sulfonamides is 1. The van der Waals surface area contributed by atoms with Gasteiger partial charge in [-0.2, -0.15) is 0 Å². The summed E-state index contributed by atoms with van der Waals surface area (Å²) in [7, 11) is -3.78. The molecule has 2 amide bonds. The molecule has 0 spiro atoms. The van der Waals surface area contributed by atoms with Crippen LogP contribution in [-0.4, -0.2) is 25.9 Å². The molecule has 0 bridgehead atoms. The van der Waals surface area contributed by atoms with E-state index in [1.807, 2.05) is 13.0 Å². The molecule has 6 nitrogen and oxygen atoms in total. The third-order valence-electron chi connectivity index (χ3n) is 3.67. The van der Waals surface area contributed by atoms with Gasteiger partial charge in [-0.15, -0.1) is 11.3 Å². The number of benzene rings is 1.